The first-order valence-electron chi connectivity index (χ1n) is 6.36. The van der Waals surface area contributed by atoms with Gasteiger partial charge in [-0.2, -0.15) is 0 Å². The molecule has 0 bridgehead atoms. The van der Waals surface area contributed by atoms with Crippen molar-refractivity contribution in [2.45, 2.75) is 13.3 Å². The van der Waals surface area contributed by atoms with E-state index in [1.165, 1.54) is 0 Å². The Hall–Kier alpha value is -2.07. The lowest BCUT2D eigenvalue weighted by Crippen LogP contribution is -2.31. The molecule has 0 aliphatic heterocycles. The minimum Gasteiger partial charge on any atom is -0.337 e. The van der Waals surface area contributed by atoms with Crippen molar-refractivity contribution in [3.8, 4) is 0 Å². The van der Waals surface area contributed by atoms with Gasteiger partial charge < -0.3 is 5.32 Å². The van der Waals surface area contributed by atoms with E-state index in [1.807, 2.05) is 43.3 Å². The summed E-state index contributed by atoms with van der Waals surface area (Å²) < 4.78 is 0. The van der Waals surface area contributed by atoms with E-state index in [9.17, 15) is 4.79 Å². The number of nitrogens with zero attached hydrogens (tertiary/aromatic N) is 1. The van der Waals surface area contributed by atoms with Crippen LogP contribution in [-0.4, -0.2) is 17.6 Å². The lowest BCUT2D eigenvalue weighted by atomic mass is 10.1. The van der Waals surface area contributed by atoms with Crippen LogP contribution in [-0.2, 0) is 6.42 Å². The second kappa shape index (κ2) is 6.91. The Morgan fingerprint density at radius 2 is 2.00 bits per heavy atom. The molecule has 0 saturated carbocycles. The average Bonchev–Trinajstić information content (AvgIpc) is 2.44. The molecule has 0 radical (unpaired) electrons. The molecule has 2 amide bonds. The third-order valence-electron chi connectivity index (χ3n) is 2.85. The molecular formula is C15H16ClN3O. The maximum Gasteiger partial charge on any atom is 0.320 e. The van der Waals surface area contributed by atoms with Crippen molar-refractivity contribution in [3.05, 3.63) is 58.7 Å². The summed E-state index contributed by atoms with van der Waals surface area (Å²) in [7, 11) is 0. The Kier molecular flexibility index (Phi) is 4.96. The molecule has 2 aromatic rings. The van der Waals surface area contributed by atoms with Gasteiger partial charge in [0.25, 0.3) is 0 Å². The highest BCUT2D eigenvalue weighted by molar-refractivity contribution is 6.30. The predicted molar refractivity (Wildman–Crippen MR) is 81.2 cm³/mol. The number of aromatic nitrogens is 1. The van der Waals surface area contributed by atoms with Crippen LogP contribution >= 0.6 is 11.6 Å². The first-order chi connectivity index (χ1) is 9.65. The van der Waals surface area contributed by atoms with Gasteiger partial charge in [0.15, 0.2) is 0 Å². The SMILES string of the molecule is Cc1cccnc1NC(=O)NCCc1ccc(Cl)cc1. The number of nitrogens with one attached hydrogen (secondary N) is 2. The van der Waals surface area contributed by atoms with E-state index in [2.05, 4.69) is 15.6 Å². The fourth-order valence-electron chi connectivity index (χ4n) is 1.74. The van der Waals surface area contributed by atoms with Gasteiger partial charge >= 0.3 is 6.03 Å². The summed E-state index contributed by atoms with van der Waals surface area (Å²) in [5.41, 5.74) is 2.06. The third-order valence-corrected chi connectivity index (χ3v) is 3.11. The number of anilines is 1. The van der Waals surface area contributed by atoms with E-state index < -0.39 is 0 Å². The Morgan fingerprint density at radius 1 is 1.25 bits per heavy atom. The molecule has 1 aromatic heterocycles. The first kappa shape index (κ1) is 14.3. The number of aryl methyl sites for hydroxylation is 1. The summed E-state index contributed by atoms with van der Waals surface area (Å²) >= 11 is 5.81. The molecule has 2 rings (SSSR count). The van der Waals surface area contributed by atoms with Crippen molar-refractivity contribution in [2.75, 3.05) is 11.9 Å². The number of carbonyl (C=O) groups is 1. The molecule has 1 heterocycles. The summed E-state index contributed by atoms with van der Waals surface area (Å²) in [6.07, 6.45) is 2.40. The number of amides is 2. The summed E-state index contributed by atoms with van der Waals surface area (Å²) in [6.45, 7) is 2.45. The van der Waals surface area contributed by atoms with Crippen LogP contribution in [0.2, 0.25) is 5.02 Å². The molecule has 0 aliphatic rings. The lowest BCUT2D eigenvalue weighted by Gasteiger charge is -2.08. The molecular weight excluding hydrogens is 274 g/mol. The number of urea groups is 1. The van der Waals surface area contributed by atoms with E-state index >= 15 is 0 Å². The van der Waals surface area contributed by atoms with Gasteiger partial charge in [-0.3, -0.25) is 5.32 Å². The first-order valence-corrected chi connectivity index (χ1v) is 6.74. The topological polar surface area (TPSA) is 54.0 Å². The van der Waals surface area contributed by atoms with Crippen LogP contribution < -0.4 is 10.6 Å². The van der Waals surface area contributed by atoms with Crippen LogP contribution in [0.4, 0.5) is 10.6 Å². The second-order valence-corrected chi connectivity index (χ2v) is 4.86. The van der Waals surface area contributed by atoms with Crippen molar-refractivity contribution in [1.29, 1.82) is 0 Å². The van der Waals surface area contributed by atoms with E-state index in [1.54, 1.807) is 6.20 Å². The number of halogens is 1. The maximum atomic E-state index is 11.7. The van der Waals surface area contributed by atoms with E-state index in [0.717, 1.165) is 17.5 Å². The van der Waals surface area contributed by atoms with E-state index in [4.69, 9.17) is 11.6 Å². The number of benzene rings is 1. The summed E-state index contributed by atoms with van der Waals surface area (Å²) in [5.74, 6) is 0.580. The minimum absolute atomic E-state index is 0.249. The molecule has 0 unspecified atom stereocenters. The van der Waals surface area contributed by atoms with Crippen molar-refractivity contribution >= 4 is 23.4 Å². The number of carbonyl (C=O) groups excluding carboxylic acids is 1. The van der Waals surface area contributed by atoms with Gasteiger partial charge in [-0.05, 0) is 42.7 Å². The Labute approximate surface area is 123 Å². The zero-order chi connectivity index (χ0) is 14.4. The molecule has 0 spiro atoms. The zero-order valence-electron chi connectivity index (χ0n) is 11.2. The number of rotatable bonds is 4. The van der Waals surface area contributed by atoms with E-state index in [-0.39, 0.29) is 6.03 Å². The smallest absolute Gasteiger partial charge is 0.320 e. The standard InChI is InChI=1S/C15H16ClN3O/c1-11-3-2-9-17-14(11)19-15(20)18-10-8-12-4-6-13(16)7-5-12/h2-7,9H,8,10H2,1H3,(H2,17,18,19,20). The van der Waals surface area contributed by atoms with Crippen molar-refractivity contribution < 1.29 is 4.79 Å². The summed E-state index contributed by atoms with van der Waals surface area (Å²) in [5, 5.41) is 6.23. The molecule has 0 fully saturated rings. The molecule has 5 heteroatoms. The van der Waals surface area contributed by atoms with Crippen LogP contribution in [0, 0.1) is 6.92 Å². The van der Waals surface area contributed by atoms with E-state index in [0.29, 0.717) is 17.4 Å². The molecule has 104 valence electrons. The second-order valence-electron chi connectivity index (χ2n) is 4.43. The van der Waals surface area contributed by atoms with Gasteiger partial charge in [-0.25, -0.2) is 9.78 Å². The van der Waals surface area contributed by atoms with Crippen LogP contribution in [0.3, 0.4) is 0 Å². The normalized spacial score (nSPS) is 10.1. The summed E-state index contributed by atoms with van der Waals surface area (Å²) in [4.78, 5) is 15.8. The molecule has 1 aromatic carbocycles. The van der Waals surface area contributed by atoms with Gasteiger partial charge in [0, 0.05) is 17.8 Å². The monoisotopic (exact) mass is 289 g/mol. The van der Waals surface area contributed by atoms with Crippen LogP contribution in [0.15, 0.2) is 42.6 Å². The zero-order valence-corrected chi connectivity index (χ0v) is 11.9. The van der Waals surface area contributed by atoms with Crippen LogP contribution in [0.25, 0.3) is 0 Å². The lowest BCUT2D eigenvalue weighted by molar-refractivity contribution is 0.252. The van der Waals surface area contributed by atoms with Gasteiger partial charge in [-0.15, -0.1) is 0 Å². The Bertz CT molecular complexity index is 584. The molecule has 20 heavy (non-hydrogen) atoms. The van der Waals surface area contributed by atoms with Crippen LogP contribution in [0.5, 0.6) is 0 Å². The Morgan fingerprint density at radius 3 is 2.70 bits per heavy atom. The quantitative estimate of drug-likeness (QED) is 0.906. The Balaban J connectivity index is 1.78. The highest BCUT2D eigenvalue weighted by Gasteiger charge is 2.04. The van der Waals surface area contributed by atoms with Crippen LogP contribution in [0.1, 0.15) is 11.1 Å². The minimum atomic E-state index is -0.249. The van der Waals surface area contributed by atoms with Crippen molar-refractivity contribution in [3.63, 3.8) is 0 Å². The maximum absolute atomic E-state index is 11.7. The number of pyridine rings is 1. The fourth-order valence-corrected chi connectivity index (χ4v) is 1.87. The predicted octanol–water partition coefficient (Wildman–Crippen LogP) is 3.41. The molecule has 2 N–H and O–H groups in total. The number of hydrogen-bond donors (Lipinski definition) is 2. The molecule has 0 aliphatic carbocycles. The van der Waals surface area contributed by atoms with Gasteiger partial charge in [0.2, 0.25) is 0 Å². The highest BCUT2D eigenvalue weighted by atomic mass is 35.5. The third kappa shape index (κ3) is 4.24. The highest BCUT2D eigenvalue weighted by Crippen LogP contribution is 2.10. The van der Waals surface area contributed by atoms with Gasteiger partial charge in [0.1, 0.15) is 5.82 Å². The van der Waals surface area contributed by atoms with Crippen molar-refractivity contribution in [2.24, 2.45) is 0 Å². The summed E-state index contributed by atoms with van der Waals surface area (Å²) in [6, 6.07) is 11.1. The number of hydrogen-bond acceptors (Lipinski definition) is 2. The fraction of sp³-hybridized carbons (Fsp3) is 0.200. The van der Waals surface area contributed by atoms with Gasteiger partial charge in [-0.1, -0.05) is 29.8 Å². The molecule has 0 atom stereocenters. The van der Waals surface area contributed by atoms with Gasteiger partial charge in [0.05, 0.1) is 0 Å². The molecule has 0 saturated heterocycles. The largest absolute Gasteiger partial charge is 0.337 e. The van der Waals surface area contributed by atoms with Crippen molar-refractivity contribution in [1.82, 2.24) is 10.3 Å². The molecule has 4 nitrogen and oxygen atoms in total. The average molecular weight is 290 g/mol.